The highest BCUT2D eigenvalue weighted by Gasteiger charge is 2.20. The first-order valence-corrected chi connectivity index (χ1v) is 13.7. The summed E-state index contributed by atoms with van der Waals surface area (Å²) in [5, 5.41) is 3.60. The summed E-state index contributed by atoms with van der Waals surface area (Å²) in [6, 6.07) is 15.3. The van der Waals surface area contributed by atoms with Gasteiger partial charge >= 0.3 is 0 Å². The summed E-state index contributed by atoms with van der Waals surface area (Å²) < 4.78 is 29.2. The van der Waals surface area contributed by atoms with Gasteiger partial charge in [0.05, 0.1) is 5.69 Å². The minimum absolute atomic E-state index is 0.296. The normalized spacial score (nSPS) is 16.0. The molecule has 0 radical (unpaired) electrons. The molecule has 0 saturated heterocycles. The quantitative estimate of drug-likeness (QED) is 0.400. The van der Waals surface area contributed by atoms with Gasteiger partial charge in [0.15, 0.2) is 0 Å². The van der Waals surface area contributed by atoms with Crippen molar-refractivity contribution in [2.45, 2.75) is 62.2 Å². The average Bonchev–Trinajstić information content (AvgIpc) is 3.31. The van der Waals surface area contributed by atoms with E-state index in [4.69, 9.17) is 0 Å². The number of benzene rings is 1. The summed E-state index contributed by atoms with van der Waals surface area (Å²) in [7, 11) is -3.66. The minimum Gasteiger partial charge on any atom is -0.310 e. The highest BCUT2D eigenvalue weighted by molar-refractivity contribution is 7.94. The minimum atomic E-state index is -3.66. The molecule has 1 aliphatic rings. The lowest BCUT2D eigenvalue weighted by atomic mass is 9.85. The molecule has 0 spiro atoms. The first kappa shape index (κ1) is 23.0. The second kappa shape index (κ2) is 10.6. The molecule has 1 aromatic carbocycles. The van der Waals surface area contributed by atoms with E-state index in [1.165, 1.54) is 49.9 Å². The van der Waals surface area contributed by atoms with E-state index in [1.54, 1.807) is 18.5 Å². The first-order valence-electron chi connectivity index (χ1n) is 11.4. The van der Waals surface area contributed by atoms with Crippen LogP contribution in [0.5, 0.6) is 0 Å². The zero-order valence-electron chi connectivity index (χ0n) is 18.5. The number of hydrogen-bond donors (Lipinski definition) is 2. The summed E-state index contributed by atoms with van der Waals surface area (Å²) in [5.41, 5.74) is 2.49. The van der Waals surface area contributed by atoms with Crippen LogP contribution in [0.15, 0.2) is 65.1 Å². The molecule has 1 saturated carbocycles. The van der Waals surface area contributed by atoms with Crippen molar-refractivity contribution in [2.24, 2.45) is 5.92 Å². The van der Waals surface area contributed by atoms with Crippen LogP contribution in [0, 0.1) is 5.92 Å². The van der Waals surface area contributed by atoms with Gasteiger partial charge < -0.3 is 5.32 Å². The Morgan fingerprint density at radius 3 is 2.66 bits per heavy atom. The largest absolute Gasteiger partial charge is 0.310 e. The standard InChI is InChI=1S/C25H31N3O2S2/c1-19(16-20-8-3-2-4-9-20)27-18-21-10-5-6-12-23(21)28-32(29,30)25-14-13-24(31-25)22-11-7-15-26-17-22/h5-7,10-15,17,19-20,27-28H,2-4,8-9,16,18H2,1H3/t19-/m0/s1. The van der Waals surface area contributed by atoms with Crippen molar-refractivity contribution in [3.05, 3.63) is 66.5 Å². The second-order valence-corrected chi connectivity index (χ2v) is 11.6. The Morgan fingerprint density at radius 2 is 1.88 bits per heavy atom. The van der Waals surface area contributed by atoms with Gasteiger partial charge in [0.25, 0.3) is 10.0 Å². The number of hydrogen-bond acceptors (Lipinski definition) is 5. The average molecular weight is 470 g/mol. The van der Waals surface area contributed by atoms with E-state index >= 15 is 0 Å². The Morgan fingerprint density at radius 1 is 1.06 bits per heavy atom. The third-order valence-electron chi connectivity index (χ3n) is 6.11. The van der Waals surface area contributed by atoms with Crippen LogP contribution in [0.25, 0.3) is 10.4 Å². The predicted octanol–water partition coefficient (Wildman–Crippen LogP) is 6.06. The SMILES string of the molecule is C[C@@H](CC1CCCCC1)NCc1ccccc1NS(=O)(=O)c1ccc(-c2cccnc2)s1. The molecule has 0 amide bonds. The van der Waals surface area contributed by atoms with E-state index in [0.717, 1.165) is 21.9 Å². The van der Waals surface area contributed by atoms with Crippen LogP contribution in [0.3, 0.4) is 0 Å². The molecule has 1 aliphatic carbocycles. The molecule has 0 bridgehead atoms. The number of aromatic nitrogens is 1. The van der Waals surface area contributed by atoms with E-state index in [9.17, 15) is 8.42 Å². The zero-order chi connectivity index (χ0) is 22.4. The number of para-hydroxylation sites is 1. The number of rotatable bonds is 9. The van der Waals surface area contributed by atoms with Crippen LogP contribution in [0.4, 0.5) is 5.69 Å². The van der Waals surface area contributed by atoms with Crippen molar-refractivity contribution in [1.29, 1.82) is 0 Å². The lowest BCUT2D eigenvalue weighted by molar-refractivity contribution is 0.305. The third kappa shape index (κ3) is 5.97. The maximum atomic E-state index is 13.1. The van der Waals surface area contributed by atoms with Crippen molar-refractivity contribution in [2.75, 3.05) is 4.72 Å². The monoisotopic (exact) mass is 469 g/mol. The van der Waals surface area contributed by atoms with Crippen LogP contribution in [-0.4, -0.2) is 19.4 Å². The van der Waals surface area contributed by atoms with Gasteiger partial charge in [-0.3, -0.25) is 9.71 Å². The Bertz CT molecular complexity index is 1110. The summed E-state index contributed by atoms with van der Waals surface area (Å²) >= 11 is 1.25. The van der Waals surface area contributed by atoms with Crippen molar-refractivity contribution in [3.63, 3.8) is 0 Å². The molecule has 2 heterocycles. The Labute approximate surface area is 195 Å². The fourth-order valence-corrected chi connectivity index (χ4v) is 6.78. The van der Waals surface area contributed by atoms with E-state index < -0.39 is 10.0 Å². The van der Waals surface area contributed by atoms with E-state index in [1.807, 2.05) is 42.5 Å². The van der Waals surface area contributed by atoms with Gasteiger partial charge in [-0.1, -0.05) is 56.4 Å². The molecule has 32 heavy (non-hydrogen) atoms. The molecule has 170 valence electrons. The summed E-state index contributed by atoms with van der Waals surface area (Å²) in [6.07, 6.45) is 11.4. The van der Waals surface area contributed by atoms with E-state index in [0.29, 0.717) is 22.5 Å². The third-order valence-corrected chi connectivity index (χ3v) is 9.10. The lowest BCUT2D eigenvalue weighted by Gasteiger charge is -2.25. The lowest BCUT2D eigenvalue weighted by Crippen LogP contribution is -2.29. The Hall–Kier alpha value is -2.22. The molecule has 2 aromatic heterocycles. The number of sulfonamides is 1. The van der Waals surface area contributed by atoms with Crippen molar-refractivity contribution >= 4 is 27.0 Å². The maximum Gasteiger partial charge on any atom is 0.271 e. The topological polar surface area (TPSA) is 71.1 Å². The zero-order valence-corrected chi connectivity index (χ0v) is 20.1. The molecule has 0 unspecified atom stereocenters. The number of nitrogens with zero attached hydrogens (tertiary/aromatic N) is 1. The molecule has 2 N–H and O–H groups in total. The maximum absolute atomic E-state index is 13.1. The molecule has 0 aliphatic heterocycles. The van der Waals surface area contributed by atoms with Crippen LogP contribution >= 0.6 is 11.3 Å². The predicted molar refractivity (Wildman–Crippen MR) is 132 cm³/mol. The van der Waals surface area contributed by atoms with Crippen molar-refractivity contribution in [1.82, 2.24) is 10.3 Å². The number of pyridine rings is 1. The van der Waals surface area contributed by atoms with E-state index in [2.05, 4.69) is 21.9 Å². The van der Waals surface area contributed by atoms with Crippen molar-refractivity contribution in [3.8, 4) is 10.4 Å². The summed E-state index contributed by atoms with van der Waals surface area (Å²) in [5.74, 6) is 0.813. The highest BCUT2D eigenvalue weighted by atomic mass is 32.2. The smallest absolute Gasteiger partial charge is 0.271 e. The Balaban J connectivity index is 1.41. The van der Waals surface area contributed by atoms with Crippen LogP contribution in [0.1, 0.15) is 51.0 Å². The molecule has 7 heteroatoms. The second-order valence-electron chi connectivity index (χ2n) is 8.64. The van der Waals surface area contributed by atoms with Gasteiger partial charge in [0.1, 0.15) is 4.21 Å². The van der Waals surface area contributed by atoms with Gasteiger partial charge in [0, 0.05) is 35.4 Å². The fraction of sp³-hybridized carbons (Fsp3) is 0.400. The van der Waals surface area contributed by atoms with Crippen LogP contribution in [-0.2, 0) is 16.6 Å². The molecule has 1 atom stereocenters. The first-order chi connectivity index (χ1) is 15.5. The van der Waals surface area contributed by atoms with Crippen molar-refractivity contribution < 1.29 is 8.42 Å². The molecule has 4 rings (SSSR count). The molecule has 3 aromatic rings. The Kier molecular flexibility index (Phi) is 7.60. The summed E-state index contributed by atoms with van der Waals surface area (Å²) in [6.45, 7) is 2.87. The van der Waals surface area contributed by atoms with Crippen LogP contribution < -0.4 is 10.0 Å². The number of thiophene rings is 1. The van der Waals surface area contributed by atoms with Gasteiger partial charge in [0.2, 0.25) is 0 Å². The van der Waals surface area contributed by atoms with E-state index in [-0.39, 0.29) is 0 Å². The molecular weight excluding hydrogens is 438 g/mol. The van der Waals surface area contributed by atoms with Gasteiger partial charge in [-0.05, 0) is 49.1 Å². The number of anilines is 1. The fourth-order valence-electron chi connectivity index (χ4n) is 4.39. The van der Waals surface area contributed by atoms with Crippen LogP contribution in [0.2, 0.25) is 0 Å². The highest BCUT2D eigenvalue weighted by Crippen LogP contribution is 2.32. The van der Waals surface area contributed by atoms with Gasteiger partial charge in [-0.15, -0.1) is 11.3 Å². The van der Waals surface area contributed by atoms with Gasteiger partial charge in [-0.2, -0.15) is 0 Å². The number of nitrogens with one attached hydrogen (secondary N) is 2. The molecule has 5 nitrogen and oxygen atoms in total. The molecular formula is C25H31N3O2S2. The summed E-state index contributed by atoms with van der Waals surface area (Å²) in [4.78, 5) is 5.00. The molecule has 1 fully saturated rings. The van der Waals surface area contributed by atoms with Gasteiger partial charge in [-0.25, -0.2) is 8.42 Å².